The number of halogens is 2. The van der Waals surface area contributed by atoms with Crippen LogP contribution >= 0.6 is 34.5 Å². The average molecular weight is 383 g/mol. The van der Waals surface area contributed by atoms with Crippen LogP contribution in [0.25, 0.3) is 16.2 Å². The molecule has 2 aromatic heterocycles. The lowest BCUT2D eigenvalue weighted by atomic mass is 10.1. The predicted octanol–water partition coefficient (Wildman–Crippen LogP) is 5.58. The highest BCUT2D eigenvalue weighted by Gasteiger charge is 2.24. The van der Waals surface area contributed by atoms with Crippen LogP contribution in [0.3, 0.4) is 0 Å². The van der Waals surface area contributed by atoms with E-state index < -0.39 is 5.97 Å². The summed E-state index contributed by atoms with van der Waals surface area (Å²) in [6.07, 6.45) is 2.28. The molecule has 1 N–H and O–H groups in total. The number of fused-ring (bicyclic) bond motifs is 1. The number of aromatic carboxylic acids is 1. The van der Waals surface area contributed by atoms with Gasteiger partial charge in [0.05, 0.1) is 16.4 Å². The summed E-state index contributed by atoms with van der Waals surface area (Å²) in [6, 6.07) is 5.33. The number of imidazole rings is 1. The largest absolute Gasteiger partial charge is 0.477 e. The van der Waals surface area contributed by atoms with Crippen molar-refractivity contribution in [2.24, 2.45) is 0 Å². The lowest BCUT2D eigenvalue weighted by Crippen LogP contribution is -2.04. The Labute approximate surface area is 153 Å². The van der Waals surface area contributed by atoms with Crippen molar-refractivity contribution in [2.45, 2.75) is 33.1 Å². The fourth-order valence-electron chi connectivity index (χ4n) is 2.88. The Morgan fingerprint density at radius 1 is 1.29 bits per heavy atom. The Morgan fingerprint density at radius 3 is 2.62 bits per heavy atom. The van der Waals surface area contributed by atoms with Crippen molar-refractivity contribution < 1.29 is 9.90 Å². The summed E-state index contributed by atoms with van der Waals surface area (Å²) in [5.41, 5.74) is 3.39. The van der Waals surface area contributed by atoms with E-state index in [4.69, 9.17) is 23.2 Å². The molecule has 0 aliphatic carbocycles. The average Bonchev–Trinajstić information content (AvgIpc) is 3.04. The van der Waals surface area contributed by atoms with E-state index >= 15 is 0 Å². The summed E-state index contributed by atoms with van der Waals surface area (Å²) >= 11 is 13.5. The van der Waals surface area contributed by atoms with Gasteiger partial charge in [-0.15, -0.1) is 0 Å². The van der Waals surface area contributed by atoms with Gasteiger partial charge < -0.3 is 5.11 Å². The second-order valence-corrected chi connectivity index (χ2v) is 7.26. The summed E-state index contributed by atoms with van der Waals surface area (Å²) in [5.74, 6) is -0.901. The first-order chi connectivity index (χ1) is 11.5. The molecule has 4 nitrogen and oxygen atoms in total. The van der Waals surface area contributed by atoms with E-state index in [-0.39, 0.29) is 0 Å². The Balaban J connectivity index is 2.29. The molecule has 0 aliphatic rings. The van der Waals surface area contributed by atoms with E-state index in [0.717, 1.165) is 35.5 Å². The maximum absolute atomic E-state index is 11.5. The number of hydrogen-bond acceptors (Lipinski definition) is 3. The quantitative estimate of drug-likeness (QED) is 0.626. The van der Waals surface area contributed by atoms with Crippen molar-refractivity contribution in [3.63, 3.8) is 0 Å². The predicted molar refractivity (Wildman–Crippen MR) is 98.9 cm³/mol. The zero-order chi connectivity index (χ0) is 17.4. The first kappa shape index (κ1) is 17.3. The number of aryl methyl sites for hydroxylation is 2. The van der Waals surface area contributed by atoms with Crippen molar-refractivity contribution in [2.75, 3.05) is 0 Å². The van der Waals surface area contributed by atoms with Crippen LogP contribution in [0.4, 0.5) is 0 Å². The van der Waals surface area contributed by atoms with Crippen LogP contribution in [0, 0.1) is 0 Å². The SMILES string of the molecule is CCCc1c(C(=O)O)sc2nc(-c3ccc(Cl)cc3Cl)c(CC)n12. The van der Waals surface area contributed by atoms with Crippen molar-refractivity contribution in [1.82, 2.24) is 9.38 Å². The van der Waals surface area contributed by atoms with Crippen LogP contribution in [0.15, 0.2) is 18.2 Å². The van der Waals surface area contributed by atoms with Gasteiger partial charge in [-0.05, 0) is 31.0 Å². The van der Waals surface area contributed by atoms with Crippen LogP contribution in [-0.4, -0.2) is 20.5 Å². The van der Waals surface area contributed by atoms with Gasteiger partial charge in [0.1, 0.15) is 4.88 Å². The van der Waals surface area contributed by atoms with Gasteiger partial charge in [0.25, 0.3) is 0 Å². The van der Waals surface area contributed by atoms with E-state index in [1.807, 2.05) is 24.3 Å². The molecule has 1 aromatic carbocycles. The molecule has 0 bridgehead atoms. The van der Waals surface area contributed by atoms with E-state index in [9.17, 15) is 9.90 Å². The summed E-state index contributed by atoms with van der Waals surface area (Å²) < 4.78 is 1.98. The molecule has 24 heavy (non-hydrogen) atoms. The van der Waals surface area contributed by atoms with Crippen molar-refractivity contribution >= 4 is 45.5 Å². The zero-order valence-electron chi connectivity index (χ0n) is 13.3. The molecule has 126 valence electrons. The summed E-state index contributed by atoms with van der Waals surface area (Å²) in [7, 11) is 0. The highest BCUT2D eigenvalue weighted by Crippen LogP contribution is 2.36. The molecule has 0 fully saturated rings. The molecule has 0 saturated carbocycles. The molecular formula is C17H16Cl2N2O2S. The van der Waals surface area contributed by atoms with Crippen LogP contribution in [-0.2, 0) is 12.8 Å². The van der Waals surface area contributed by atoms with Gasteiger partial charge in [0, 0.05) is 16.3 Å². The van der Waals surface area contributed by atoms with E-state index in [0.29, 0.717) is 26.3 Å². The first-order valence-corrected chi connectivity index (χ1v) is 9.26. The van der Waals surface area contributed by atoms with Gasteiger partial charge in [0.15, 0.2) is 4.96 Å². The number of carboxylic acids is 1. The Morgan fingerprint density at radius 2 is 2.04 bits per heavy atom. The topological polar surface area (TPSA) is 54.6 Å². The second-order valence-electron chi connectivity index (χ2n) is 5.44. The smallest absolute Gasteiger partial charge is 0.347 e. The monoisotopic (exact) mass is 382 g/mol. The van der Waals surface area contributed by atoms with Gasteiger partial charge in [-0.2, -0.15) is 0 Å². The molecular weight excluding hydrogens is 367 g/mol. The van der Waals surface area contributed by atoms with Gasteiger partial charge in [-0.25, -0.2) is 9.78 Å². The van der Waals surface area contributed by atoms with Crippen LogP contribution in [0.5, 0.6) is 0 Å². The molecule has 7 heteroatoms. The highest BCUT2D eigenvalue weighted by atomic mass is 35.5. The number of carbonyl (C=O) groups is 1. The Bertz CT molecular complexity index is 930. The maximum atomic E-state index is 11.5. The molecule has 0 radical (unpaired) electrons. The van der Waals surface area contributed by atoms with Crippen molar-refractivity contribution in [3.8, 4) is 11.3 Å². The normalized spacial score (nSPS) is 11.3. The molecule has 2 heterocycles. The molecule has 0 aliphatic heterocycles. The number of carboxylic acid groups (broad SMARTS) is 1. The van der Waals surface area contributed by atoms with Crippen molar-refractivity contribution in [1.29, 1.82) is 0 Å². The minimum Gasteiger partial charge on any atom is -0.477 e. The molecule has 0 atom stereocenters. The van der Waals surface area contributed by atoms with Gasteiger partial charge >= 0.3 is 5.97 Å². The van der Waals surface area contributed by atoms with Gasteiger partial charge in [0.2, 0.25) is 0 Å². The van der Waals surface area contributed by atoms with Crippen molar-refractivity contribution in [3.05, 3.63) is 44.5 Å². The Hall–Kier alpha value is -1.56. The van der Waals surface area contributed by atoms with Crippen LogP contribution in [0.1, 0.15) is 41.3 Å². The summed E-state index contributed by atoms with van der Waals surface area (Å²) in [4.78, 5) is 17.3. The number of benzene rings is 1. The van der Waals surface area contributed by atoms with Gasteiger partial charge in [-0.1, -0.05) is 54.8 Å². The lowest BCUT2D eigenvalue weighted by Gasteiger charge is -2.07. The molecule has 3 aromatic rings. The molecule has 0 amide bonds. The fraction of sp³-hybridized carbons (Fsp3) is 0.294. The lowest BCUT2D eigenvalue weighted by molar-refractivity contribution is 0.0700. The summed E-state index contributed by atoms with van der Waals surface area (Å²) in [6.45, 7) is 4.07. The number of rotatable bonds is 5. The number of aromatic nitrogens is 2. The number of thiazole rings is 1. The van der Waals surface area contributed by atoms with E-state index in [1.165, 1.54) is 11.3 Å². The van der Waals surface area contributed by atoms with Gasteiger partial charge in [-0.3, -0.25) is 4.40 Å². The zero-order valence-corrected chi connectivity index (χ0v) is 15.6. The molecule has 0 spiro atoms. The highest BCUT2D eigenvalue weighted by molar-refractivity contribution is 7.19. The second kappa shape index (κ2) is 6.75. The third-order valence-corrected chi connectivity index (χ3v) is 5.49. The fourth-order valence-corrected chi connectivity index (χ4v) is 4.41. The minimum absolute atomic E-state index is 0.364. The van der Waals surface area contributed by atoms with E-state index in [2.05, 4.69) is 4.98 Å². The molecule has 0 saturated heterocycles. The van der Waals surface area contributed by atoms with Crippen LogP contribution < -0.4 is 0 Å². The molecule has 0 unspecified atom stereocenters. The standard InChI is InChI=1S/C17H16Cl2N2O2S/c1-3-5-13-15(16(22)23)24-17-20-14(12(4-2)21(13)17)10-7-6-9(18)8-11(10)19/h6-8H,3-5H2,1-2H3,(H,22,23). The third-order valence-electron chi connectivity index (χ3n) is 3.87. The summed E-state index contributed by atoms with van der Waals surface area (Å²) in [5, 5.41) is 10.6. The Kier molecular flexibility index (Phi) is 4.85. The third kappa shape index (κ3) is 2.81. The van der Waals surface area contributed by atoms with Crippen LogP contribution in [0.2, 0.25) is 10.0 Å². The first-order valence-electron chi connectivity index (χ1n) is 7.69. The number of hydrogen-bond donors (Lipinski definition) is 1. The maximum Gasteiger partial charge on any atom is 0.347 e. The number of nitrogens with zero attached hydrogens (tertiary/aromatic N) is 2. The minimum atomic E-state index is -0.901. The van der Waals surface area contributed by atoms with E-state index in [1.54, 1.807) is 12.1 Å². The molecule has 3 rings (SSSR count).